The van der Waals surface area contributed by atoms with Crippen LogP contribution in [0.5, 0.6) is 0 Å². The van der Waals surface area contributed by atoms with Crippen molar-refractivity contribution >= 4 is 27.5 Å². The third kappa shape index (κ3) is 5.08. The topological polar surface area (TPSA) is 55.1 Å². The summed E-state index contributed by atoms with van der Waals surface area (Å²) in [5, 5.41) is 2.92. The van der Waals surface area contributed by atoms with Crippen molar-refractivity contribution in [1.29, 1.82) is 0 Å². The summed E-state index contributed by atoms with van der Waals surface area (Å²) in [6.07, 6.45) is 3.40. The summed E-state index contributed by atoms with van der Waals surface area (Å²) < 4.78 is 0.759. The van der Waals surface area contributed by atoms with Crippen LogP contribution >= 0.6 is 15.9 Å². The van der Waals surface area contributed by atoms with E-state index >= 15 is 0 Å². The van der Waals surface area contributed by atoms with Crippen molar-refractivity contribution in [1.82, 2.24) is 5.32 Å². The number of rotatable bonds is 6. The molecular weight excluding hydrogens is 292 g/mol. The van der Waals surface area contributed by atoms with E-state index in [2.05, 4.69) is 35.1 Å². The number of amides is 1. The molecule has 0 heterocycles. The molecule has 100 valence electrons. The van der Waals surface area contributed by atoms with Crippen LogP contribution < -0.4 is 11.1 Å². The van der Waals surface area contributed by atoms with E-state index in [-0.39, 0.29) is 5.91 Å². The zero-order valence-electron chi connectivity index (χ0n) is 11.0. The van der Waals surface area contributed by atoms with E-state index in [1.165, 1.54) is 6.42 Å². The van der Waals surface area contributed by atoms with Gasteiger partial charge in [-0.2, -0.15) is 0 Å². The second-order valence-electron chi connectivity index (χ2n) is 4.88. The van der Waals surface area contributed by atoms with Crippen LogP contribution in [0, 0.1) is 5.92 Å². The summed E-state index contributed by atoms with van der Waals surface area (Å²) in [5.41, 5.74) is 6.96. The molecule has 0 spiro atoms. The highest BCUT2D eigenvalue weighted by Gasteiger charge is 2.06. The molecule has 0 saturated heterocycles. The Balaban J connectivity index is 2.34. The molecule has 0 aliphatic heterocycles. The van der Waals surface area contributed by atoms with Crippen molar-refractivity contribution in [2.75, 3.05) is 12.3 Å². The quantitative estimate of drug-likeness (QED) is 0.623. The van der Waals surface area contributed by atoms with Crippen molar-refractivity contribution in [2.45, 2.75) is 33.1 Å². The Morgan fingerprint density at radius 1 is 1.39 bits per heavy atom. The third-order valence-electron chi connectivity index (χ3n) is 2.76. The molecule has 0 unspecified atom stereocenters. The van der Waals surface area contributed by atoms with E-state index in [4.69, 9.17) is 5.73 Å². The van der Waals surface area contributed by atoms with Crippen molar-refractivity contribution < 1.29 is 4.79 Å². The van der Waals surface area contributed by atoms with Gasteiger partial charge in [0.2, 0.25) is 0 Å². The van der Waals surface area contributed by atoms with Crippen LogP contribution in [0.2, 0.25) is 0 Å². The van der Waals surface area contributed by atoms with Gasteiger partial charge in [-0.05, 0) is 46.5 Å². The van der Waals surface area contributed by atoms with E-state index in [9.17, 15) is 4.79 Å². The molecule has 1 rings (SSSR count). The predicted octanol–water partition coefficient (Wildman–Crippen LogP) is 3.59. The van der Waals surface area contributed by atoms with Crippen molar-refractivity contribution in [3.8, 4) is 0 Å². The first-order valence-corrected chi connectivity index (χ1v) is 7.13. The van der Waals surface area contributed by atoms with Crippen LogP contribution in [-0.4, -0.2) is 12.5 Å². The molecule has 0 aliphatic rings. The Hall–Kier alpha value is -1.03. The van der Waals surface area contributed by atoms with E-state index in [1.807, 2.05) is 0 Å². The Kier molecular flexibility index (Phi) is 6.19. The first kappa shape index (κ1) is 15.0. The summed E-state index contributed by atoms with van der Waals surface area (Å²) in [7, 11) is 0. The molecule has 0 aromatic heterocycles. The minimum absolute atomic E-state index is 0.0414. The number of halogens is 1. The maximum Gasteiger partial charge on any atom is 0.251 e. The van der Waals surface area contributed by atoms with Gasteiger partial charge in [0.05, 0.1) is 0 Å². The molecule has 1 amide bonds. The van der Waals surface area contributed by atoms with Crippen LogP contribution in [0.3, 0.4) is 0 Å². The summed E-state index contributed by atoms with van der Waals surface area (Å²) in [6, 6.07) is 5.22. The van der Waals surface area contributed by atoms with Crippen molar-refractivity contribution in [3.63, 3.8) is 0 Å². The molecule has 0 saturated carbocycles. The number of benzene rings is 1. The zero-order valence-corrected chi connectivity index (χ0v) is 12.6. The molecule has 0 bridgehead atoms. The van der Waals surface area contributed by atoms with Crippen LogP contribution in [0.1, 0.15) is 43.5 Å². The van der Waals surface area contributed by atoms with Gasteiger partial charge in [0.1, 0.15) is 0 Å². The Bertz CT molecular complexity index is 405. The number of hydrogen-bond donors (Lipinski definition) is 2. The van der Waals surface area contributed by atoms with Crippen LogP contribution in [0.25, 0.3) is 0 Å². The van der Waals surface area contributed by atoms with Crippen LogP contribution in [0.15, 0.2) is 22.7 Å². The van der Waals surface area contributed by atoms with Gasteiger partial charge in [0, 0.05) is 22.3 Å². The average molecular weight is 313 g/mol. The smallest absolute Gasteiger partial charge is 0.251 e. The summed E-state index contributed by atoms with van der Waals surface area (Å²) in [5.74, 6) is 0.689. The normalized spacial score (nSPS) is 10.7. The third-order valence-corrected chi connectivity index (χ3v) is 3.44. The molecule has 0 fully saturated rings. The van der Waals surface area contributed by atoms with Gasteiger partial charge >= 0.3 is 0 Å². The molecule has 0 atom stereocenters. The first-order chi connectivity index (χ1) is 8.50. The van der Waals surface area contributed by atoms with Crippen molar-refractivity contribution in [3.05, 3.63) is 28.2 Å². The lowest BCUT2D eigenvalue weighted by atomic mass is 10.1. The van der Waals surface area contributed by atoms with Gasteiger partial charge in [0.15, 0.2) is 0 Å². The summed E-state index contributed by atoms with van der Waals surface area (Å²) in [4.78, 5) is 11.8. The highest BCUT2D eigenvalue weighted by molar-refractivity contribution is 9.10. The fourth-order valence-corrected chi connectivity index (χ4v) is 2.03. The molecule has 0 aliphatic carbocycles. The van der Waals surface area contributed by atoms with Gasteiger partial charge in [-0.3, -0.25) is 4.79 Å². The minimum Gasteiger partial charge on any atom is -0.398 e. The van der Waals surface area contributed by atoms with E-state index in [0.717, 1.165) is 29.8 Å². The Labute approximate surface area is 117 Å². The minimum atomic E-state index is -0.0414. The number of unbranched alkanes of at least 4 members (excludes halogenated alkanes) is 1. The average Bonchev–Trinajstić information content (AvgIpc) is 2.31. The SMILES string of the molecule is CC(C)CCCCNC(=O)c1ccc(N)c(Br)c1. The number of carbonyl (C=O) groups excluding carboxylic acids is 1. The number of hydrogen-bond acceptors (Lipinski definition) is 2. The monoisotopic (exact) mass is 312 g/mol. The number of anilines is 1. The van der Waals surface area contributed by atoms with E-state index < -0.39 is 0 Å². The zero-order chi connectivity index (χ0) is 13.5. The summed E-state index contributed by atoms with van der Waals surface area (Å²) in [6.45, 7) is 5.16. The molecule has 1 aromatic carbocycles. The number of nitrogen functional groups attached to an aromatic ring is 1. The molecule has 3 nitrogen and oxygen atoms in total. The van der Waals surface area contributed by atoms with Gasteiger partial charge in [-0.15, -0.1) is 0 Å². The summed E-state index contributed by atoms with van der Waals surface area (Å²) >= 11 is 3.32. The molecule has 0 radical (unpaired) electrons. The van der Waals surface area contributed by atoms with Crippen LogP contribution in [-0.2, 0) is 0 Å². The lowest BCUT2D eigenvalue weighted by Gasteiger charge is -2.07. The van der Waals surface area contributed by atoms with Gasteiger partial charge in [0.25, 0.3) is 5.91 Å². The number of nitrogens with two attached hydrogens (primary N) is 1. The predicted molar refractivity (Wildman–Crippen MR) is 79.6 cm³/mol. The standard InChI is InChI=1S/C14H21BrN2O/c1-10(2)5-3-4-8-17-14(18)11-6-7-13(16)12(15)9-11/h6-7,9-10H,3-5,8,16H2,1-2H3,(H,17,18). The molecule has 3 N–H and O–H groups in total. The van der Waals surface area contributed by atoms with Gasteiger partial charge in [-0.25, -0.2) is 0 Å². The van der Waals surface area contributed by atoms with Crippen LogP contribution in [0.4, 0.5) is 5.69 Å². The number of nitrogens with one attached hydrogen (secondary N) is 1. The second kappa shape index (κ2) is 7.41. The lowest BCUT2D eigenvalue weighted by Crippen LogP contribution is -2.24. The Morgan fingerprint density at radius 2 is 2.11 bits per heavy atom. The molecule has 4 heteroatoms. The molecular formula is C14H21BrN2O. The first-order valence-electron chi connectivity index (χ1n) is 6.34. The lowest BCUT2D eigenvalue weighted by molar-refractivity contribution is 0.0953. The molecule has 18 heavy (non-hydrogen) atoms. The van der Waals surface area contributed by atoms with Crippen molar-refractivity contribution in [2.24, 2.45) is 5.92 Å². The fraction of sp³-hybridized carbons (Fsp3) is 0.500. The maximum atomic E-state index is 11.8. The fourth-order valence-electron chi connectivity index (χ4n) is 1.65. The largest absolute Gasteiger partial charge is 0.398 e. The highest BCUT2D eigenvalue weighted by atomic mass is 79.9. The second-order valence-corrected chi connectivity index (χ2v) is 5.74. The highest BCUT2D eigenvalue weighted by Crippen LogP contribution is 2.20. The maximum absolute atomic E-state index is 11.8. The van der Waals surface area contributed by atoms with Gasteiger partial charge in [-0.1, -0.05) is 26.7 Å². The Morgan fingerprint density at radius 3 is 2.72 bits per heavy atom. The molecule has 1 aromatic rings. The van der Waals surface area contributed by atoms with E-state index in [1.54, 1.807) is 18.2 Å². The van der Waals surface area contributed by atoms with E-state index in [0.29, 0.717) is 11.3 Å². The number of carbonyl (C=O) groups is 1. The van der Waals surface area contributed by atoms with Gasteiger partial charge < -0.3 is 11.1 Å².